The summed E-state index contributed by atoms with van der Waals surface area (Å²) < 4.78 is 32.0. The van der Waals surface area contributed by atoms with Crippen LogP contribution in [0.4, 0.5) is 16.3 Å². The molecule has 0 unspecified atom stereocenters. The largest absolute Gasteiger partial charge is 0.447 e. The fraction of sp³-hybridized carbons (Fsp3) is 0.500. The van der Waals surface area contributed by atoms with Crippen molar-refractivity contribution in [1.82, 2.24) is 20.5 Å². The van der Waals surface area contributed by atoms with E-state index in [2.05, 4.69) is 20.8 Å². The number of carbonyl (C=O) groups is 1. The summed E-state index contributed by atoms with van der Waals surface area (Å²) in [6.07, 6.45) is 6.26. The van der Waals surface area contributed by atoms with Crippen molar-refractivity contribution in [3.8, 4) is 10.4 Å². The predicted molar refractivity (Wildman–Crippen MR) is 144 cm³/mol. The maximum atomic E-state index is 13.4. The molecule has 2 saturated carbocycles. The summed E-state index contributed by atoms with van der Waals surface area (Å²) in [6, 6.07) is 7.46. The van der Waals surface area contributed by atoms with Crippen LogP contribution in [-0.2, 0) is 14.6 Å². The lowest BCUT2D eigenvalue weighted by molar-refractivity contribution is 0.109. The molecule has 1 aromatic carbocycles. The molecule has 9 nitrogen and oxygen atoms in total. The number of carbonyl (C=O) groups excluding carboxylic acids is 1. The first-order chi connectivity index (χ1) is 17.7. The SMILES string of the molecule is Cc1cc(Nc2ccc(-c3cnc([C@H]4CC[C@H](NC(=O)OC(C)C)CC4)s3)c(S(=O)(=O)C3CC3)c2)n[nH]1. The van der Waals surface area contributed by atoms with Crippen molar-refractivity contribution in [1.29, 1.82) is 0 Å². The number of anilines is 2. The van der Waals surface area contributed by atoms with Crippen molar-refractivity contribution in [2.45, 2.75) is 87.5 Å². The van der Waals surface area contributed by atoms with Gasteiger partial charge < -0.3 is 15.4 Å². The zero-order chi connectivity index (χ0) is 26.2. The van der Waals surface area contributed by atoms with Crippen LogP contribution in [0.15, 0.2) is 35.4 Å². The van der Waals surface area contributed by atoms with Crippen LogP contribution in [0.3, 0.4) is 0 Å². The van der Waals surface area contributed by atoms with Gasteiger partial charge in [0.15, 0.2) is 15.7 Å². The molecule has 2 fully saturated rings. The highest BCUT2D eigenvalue weighted by atomic mass is 32.2. The molecule has 0 spiro atoms. The molecular formula is C26H33N5O4S2. The zero-order valence-electron chi connectivity index (χ0n) is 21.3. The average Bonchev–Trinajstić information content (AvgIpc) is 3.48. The van der Waals surface area contributed by atoms with E-state index < -0.39 is 9.84 Å². The number of thiazole rings is 1. The Hall–Kier alpha value is -2.92. The number of sulfone groups is 1. The number of aromatic nitrogens is 3. The summed E-state index contributed by atoms with van der Waals surface area (Å²) in [4.78, 5) is 17.8. The molecule has 5 rings (SSSR count). The van der Waals surface area contributed by atoms with Crippen molar-refractivity contribution in [2.75, 3.05) is 5.32 Å². The average molecular weight is 544 g/mol. The van der Waals surface area contributed by atoms with Crippen LogP contribution in [0, 0.1) is 6.92 Å². The Bertz CT molecular complexity index is 1370. The molecule has 11 heteroatoms. The Kier molecular flexibility index (Phi) is 7.26. The van der Waals surface area contributed by atoms with E-state index in [-0.39, 0.29) is 23.5 Å². The van der Waals surface area contributed by atoms with Crippen LogP contribution in [0.25, 0.3) is 10.4 Å². The number of aryl methyl sites for hydroxylation is 1. The molecule has 37 heavy (non-hydrogen) atoms. The number of alkyl carbamates (subject to hydrolysis) is 1. The van der Waals surface area contributed by atoms with Crippen LogP contribution < -0.4 is 10.6 Å². The Balaban J connectivity index is 1.33. The summed E-state index contributed by atoms with van der Waals surface area (Å²) >= 11 is 1.57. The minimum Gasteiger partial charge on any atom is -0.447 e. The fourth-order valence-corrected chi connectivity index (χ4v) is 7.81. The molecule has 2 aliphatic carbocycles. The smallest absolute Gasteiger partial charge is 0.407 e. The van der Waals surface area contributed by atoms with E-state index in [0.717, 1.165) is 41.3 Å². The zero-order valence-corrected chi connectivity index (χ0v) is 22.9. The third-order valence-electron chi connectivity index (χ3n) is 6.76. The molecule has 2 aliphatic rings. The first kappa shape index (κ1) is 25.7. The molecule has 0 aliphatic heterocycles. The molecule has 2 heterocycles. The molecule has 198 valence electrons. The lowest BCUT2D eigenvalue weighted by atomic mass is 9.86. The number of nitrogens with zero attached hydrogens (tertiary/aromatic N) is 2. The van der Waals surface area contributed by atoms with Gasteiger partial charge in [0.1, 0.15) is 0 Å². The molecule has 0 bridgehead atoms. The lowest BCUT2D eigenvalue weighted by Crippen LogP contribution is -2.38. The maximum Gasteiger partial charge on any atom is 0.407 e. The number of hydrogen-bond donors (Lipinski definition) is 3. The third kappa shape index (κ3) is 5.98. The number of aromatic amines is 1. The molecule has 1 amide bonds. The Labute approximate surface area is 221 Å². The summed E-state index contributed by atoms with van der Waals surface area (Å²) in [5, 5.41) is 13.9. The standard InChI is InChI=1S/C26H33N5O4S2/c1-15(2)35-26(32)29-18-6-4-17(5-7-18)25-27-14-22(36-25)21-11-8-19(28-24-12-16(3)30-31-24)13-23(21)37(33,34)20-9-10-20/h8,11-15,17-18,20H,4-7,9-10H2,1-3H3,(H,29,32)(H2,28,30,31)/t17-,18-. The fourth-order valence-electron chi connectivity index (χ4n) is 4.73. The maximum absolute atomic E-state index is 13.4. The van der Waals surface area contributed by atoms with Gasteiger partial charge in [-0.2, -0.15) is 5.10 Å². The number of benzene rings is 1. The number of H-pyrrole nitrogens is 1. The van der Waals surface area contributed by atoms with Crippen molar-refractivity contribution in [3.63, 3.8) is 0 Å². The van der Waals surface area contributed by atoms with Crippen molar-refractivity contribution in [3.05, 3.63) is 41.2 Å². The van der Waals surface area contributed by atoms with Crippen LogP contribution in [0.5, 0.6) is 0 Å². The van der Waals surface area contributed by atoms with E-state index in [9.17, 15) is 13.2 Å². The van der Waals surface area contributed by atoms with Crippen LogP contribution in [-0.4, -0.2) is 47.1 Å². The summed E-state index contributed by atoms with van der Waals surface area (Å²) in [5.41, 5.74) is 2.30. The van der Waals surface area contributed by atoms with Crippen molar-refractivity contribution < 1.29 is 17.9 Å². The van der Waals surface area contributed by atoms with Gasteiger partial charge in [-0.3, -0.25) is 5.10 Å². The van der Waals surface area contributed by atoms with Gasteiger partial charge in [0, 0.05) is 41.2 Å². The topological polar surface area (TPSA) is 126 Å². The molecule has 0 radical (unpaired) electrons. The first-order valence-corrected chi connectivity index (χ1v) is 15.2. The van der Waals surface area contributed by atoms with Crippen molar-refractivity contribution in [2.24, 2.45) is 0 Å². The third-order valence-corrected chi connectivity index (χ3v) is 10.3. The number of ether oxygens (including phenoxy) is 1. The van der Waals surface area contributed by atoms with E-state index in [1.54, 1.807) is 23.6 Å². The van der Waals surface area contributed by atoms with Crippen LogP contribution in [0.2, 0.25) is 0 Å². The van der Waals surface area contributed by atoms with Gasteiger partial charge in [0.05, 0.1) is 26.1 Å². The van der Waals surface area contributed by atoms with Crippen molar-refractivity contribution >= 4 is 38.8 Å². The second-order valence-corrected chi connectivity index (χ2v) is 13.5. The number of amides is 1. The molecule has 2 aromatic heterocycles. The van der Waals surface area contributed by atoms with Gasteiger partial charge >= 0.3 is 6.09 Å². The quantitative estimate of drug-likeness (QED) is 0.333. The normalized spacial score (nSPS) is 20.1. The summed E-state index contributed by atoms with van der Waals surface area (Å²) in [5.74, 6) is 0.938. The van der Waals surface area contributed by atoms with Gasteiger partial charge in [0.25, 0.3) is 0 Å². The lowest BCUT2D eigenvalue weighted by Gasteiger charge is -2.28. The molecule has 0 atom stereocenters. The van der Waals surface area contributed by atoms with Gasteiger partial charge in [-0.05, 0) is 71.4 Å². The van der Waals surface area contributed by atoms with E-state index in [1.165, 1.54) is 0 Å². The highest BCUT2D eigenvalue weighted by molar-refractivity contribution is 7.92. The molecular weight excluding hydrogens is 510 g/mol. The number of hydrogen-bond acceptors (Lipinski definition) is 8. The summed E-state index contributed by atoms with van der Waals surface area (Å²) in [7, 11) is -3.44. The highest BCUT2D eigenvalue weighted by Crippen LogP contribution is 2.43. The van der Waals surface area contributed by atoms with Gasteiger partial charge in [-0.25, -0.2) is 18.2 Å². The number of rotatable bonds is 8. The van der Waals surface area contributed by atoms with Crippen LogP contribution >= 0.6 is 11.3 Å². The van der Waals surface area contributed by atoms with E-state index in [4.69, 9.17) is 9.72 Å². The monoisotopic (exact) mass is 543 g/mol. The first-order valence-electron chi connectivity index (χ1n) is 12.8. The Morgan fingerprint density at radius 2 is 1.89 bits per heavy atom. The second-order valence-electron chi connectivity index (χ2n) is 10.2. The molecule has 3 aromatic rings. The van der Waals surface area contributed by atoms with E-state index in [1.807, 2.05) is 39.0 Å². The van der Waals surface area contributed by atoms with E-state index >= 15 is 0 Å². The minimum absolute atomic E-state index is 0.107. The highest BCUT2D eigenvalue weighted by Gasteiger charge is 2.39. The van der Waals surface area contributed by atoms with Gasteiger partial charge in [-0.15, -0.1) is 11.3 Å². The van der Waals surface area contributed by atoms with Crippen LogP contribution in [0.1, 0.15) is 69.0 Å². The van der Waals surface area contributed by atoms with Gasteiger partial charge in [0.2, 0.25) is 0 Å². The second kappa shape index (κ2) is 10.4. The van der Waals surface area contributed by atoms with Gasteiger partial charge in [-0.1, -0.05) is 6.07 Å². The molecule has 0 saturated heterocycles. The van der Waals surface area contributed by atoms with E-state index in [0.29, 0.717) is 40.7 Å². The Morgan fingerprint density at radius 1 is 1.14 bits per heavy atom. The molecule has 3 N–H and O–H groups in total. The predicted octanol–water partition coefficient (Wildman–Crippen LogP) is 5.68. The Morgan fingerprint density at radius 3 is 2.54 bits per heavy atom. The minimum atomic E-state index is -3.44. The summed E-state index contributed by atoms with van der Waals surface area (Å²) in [6.45, 7) is 5.58. The number of nitrogens with one attached hydrogen (secondary N) is 3.